The van der Waals surface area contributed by atoms with Crippen LogP contribution in [0.1, 0.15) is 40.5 Å². The molecular weight excluding hydrogens is 246 g/mol. The Morgan fingerprint density at radius 3 is 2.26 bits per heavy atom. The summed E-state index contributed by atoms with van der Waals surface area (Å²) < 4.78 is 16.2. The SMILES string of the molecule is COCCOC1(C)CCN(C(=O)OC(C)(C)C)CC1. The average molecular weight is 273 g/mol. The van der Waals surface area contributed by atoms with Crippen LogP contribution in [0.3, 0.4) is 0 Å². The van der Waals surface area contributed by atoms with E-state index in [1.54, 1.807) is 12.0 Å². The number of methoxy groups -OCH3 is 1. The summed E-state index contributed by atoms with van der Waals surface area (Å²) in [5.41, 5.74) is -0.593. The van der Waals surface area contributed by atoms with Crippen LogP contribution >= 0.6 is 0 Å². The first kappa shape index (κ1) is 16.2. The van der Waals surface area contributed by atoms with Gasteiger partial charge in [-0.15, -0.1) is 0 Å². The molecule has 0 radical (unpaired) electrons. The molecule has 19 heavy (non-hydrogen) atoms. The molecule has 1 aliphatic heterocycles. The van der Waals surface area contributed by atoms with E-state index < -0.39 is 5.60 Å². The Morgan fingerprint density at radius 1 is 1.21 bits per heavy atom. The van der Waals surface area contributed by atoms with Gasteiger partial charge >= 0.3 is 6.09 Å². The molecule has 0 saturated carbocycles. The Bertz CT molecular complexity index is 290. The van der Waals surface area contributed by atoms with Crippen LogP contribution in [0.4, 0.5) is 4.79 Å². The first-order chi connectivity index (χ1) is 8.76. The molecule has 0 bridgehead atoms. The standard InChI is InChI=1S/C14H27NO4/c1-13(2,3)19-12(16)15-8-6-14(4,7-9-15)18-11-10-17-5/h6-11H2,1-5H3. The zero-order chi connectivity index (χ0) is 14.5. The summed E-state index contributed by atoms with van der Waals surface area (Å²) in [4.78, 5) is 13.7. The predicted molar refractivity (Wildman–Crippen MR) is 73.3 cm³/mol. The summed E-state index contributed by atoms with van der Waals surface area (Å²) in [6, 6.07) is 0. The molecule has 0 aromatic heterocycles. The number of likely N-dealkylation sites (tertiary alicyclic amines) is 1. The lowest BCUT2D eigenvalue weighted by molar-refractivity contribution is -0.0843. The van der Waals surface area contributed by atoms with Crippen molar-refractivity contribution >= 4 is 6.09 Å². The first-order valence-electron chi connectivity index (χ1n) is 6.87. The number of nitrogens with zero attached hydrogens (tertiary/aromatic N) is 1. The topological polar surface area (TPSA) is 48.0 Å². The van der Waals surface area contributed by atoms with Gasteiger partial charge in [-0.05, 0) is 40.5 Å². The molecular formula is C14H27NO4. The number of rotatable bonds is 4. The molecule has 5 nitrogen and oxygen atoms in total. The summed E-state index contributed by atoms with van der Waals surface area (Å²) in [6.07, 6.45) is 1.43. The van der Waals surface area contributed by atoms with E-state index in [1.807, 2.05) is 20.8 Å². The maximum Gasteiger partial charge on any atom is 0.410 e. The molecule has 1 heterocycles. The van der Waals surface area contributed by atoms with E-state index in [-0.39, 0.29) is 11.7 Å². The molecule has 5 heteroatoms. The molecule has 1 fully saturated rings. The summed E-state index contributed by atoms with van der Waals surface area (Å²) in [5.74, 6) is 0. The smallest absolute Gasteiger partial charge is 0.410 e. The van der Waals surface area contributed by atoms with Gasteiger partial charge in [0.2, 0.25) is 0 Å². The van der Waals surface area contributed by atoms with Crippen molar-refractivity contribution in [2.45, 2.75) is 51.7 Å². The highest BCUT2D eigenvalue weighted by atomic mass is 16.6. The first-order valence-corrected chi connectivity index (χ1v) is 6.87. The highest BCUT2D eigenvalue weighted by molar-refractivity contribution is 5.68. The minimum Gasteiger partial charge on any atom is -0.444 e. The molecule has 0 N–H and O–H groups in total. The number of piperidine rings is 1. The molecule has 0 aromatic rings. The van der Waals surface area contributed by atoms with Gasteiger partial charge < -0.3 is 19.1 Å². The zero-order valence-electron chi connectivity index (χ0n) is 12.8. The number of ether oxygens (including phenoxy) is 3. The van der Waals surface area contributed by atoms with Crippen molar-refractivity contribution in [2.75, 3.05) is 33.4 Å². The Morgan fingerprint density at radius 2 is 1.79 bits per heavy atom. The van der Waals surface area contributed by atoms with Crippen LogP contribution in [0.5, 0.6) is 0 Å². The van der Waals surface area contributed by atoms with Gasteiger partial charge in [-0.25, -0.2) is 4.79 Å². The van der Waals surface area contributed by atoms with Gasteiger partial charge in [-0.2, -0.15) is 0 Å². The molecule has 0 aliphatic carbocycles. The fourth-order valence-electron chi connectivity index (χ4n) is 2.00. The van der Waals surface area contributed by atoms with Crippen LogP contribution in [-0.2, 0) is 14.2 Å². The minimum atomic E-state index is -0.438. The van der Waals surface area contributed by atoms with Crippen molar-refractivity contribution in [2.24, 2.45) is 0 Å². The normalized spacial score (nSPS) is 19.3. The summed E-state index contributed by atoms with van der Waals surface area (Å²) in [6.45, 7) is 10.3. The lowest BCUT2D eigenvalue weighted by Gasteiger charge is -2.39. The van der Waals surface area contributed by atoms with Crippen molar-refractivity contribution < 1.29 is 19.0 Å². The van der Waals surface area contributed by atoms with Crippen LogP contribution in [0.25, 0.3) is 0 Å². The zero-order valence-corrected chi connectivity index (χ0v) is 12.8. The lowest BCUT2D eigenvalue weighted by Crippen LogP contribution is -2.48. The Labute approximate surface area is 116 Å². The van der Waals surface area contributed by atoms with Crippen molar-refractivity contribution in [3.63, 3.8) is 0 Å². The van der Waals surface area contributed by atoms with E-state index in [0.717, 1.165) is 12.8 Å². The van der Waals surface area contributed by atoms with E-state index in [0.29, 0.717) is 26.3 Å². The summed E-state index contributed by atoms with van der Waals surface area (Å²) in [7, 11) is 1.66. The quantitative estimate of drug-likeness (QED) is 0.738. The largest absolute Gasteiger partial charge is 0.444 e. The Kier molecular flexibility index (Phi) is 5.62. The number of hydrogen-bond acceptors (Lipinski definition) is 4. The maximum atomic E-state index is 11.9. The monoisotopic (exact) mass is 273 g/mol. The highest BCUT2D eigenvalue weighted by Crippen LogP contribution is 2.26. The van der Waals surface area contributed by atoms with Gasteiger partial charge in [-0.3, -0.25) is 0 Å². The van der Waals surface area contributed by atoms with Crippen molar-refractivity contribution in [1.82, 2.24) is 4.90 Å². The number of hydrogen-bond donors (Lipinski definition) is 0. The maximum absolute atomic E-state index is 11.9. The van der Waals surface area contributed by atoms with Crippen LogP contribution < -0.4 is 0 Å². The Balaban J connectivity index is 2.37. The third-order valence-electron chi connectivity index (χ3n) is 3.21. The van der Waals surface area contributed by atoms with Crippen LogP contribution in [0, 0.1) is 0 Å². The molecule has 0 spiro atoms. The molecule has 1 aliphatic rings. The fraction of sp³-hybridized carbons (Fsp3) is 0.929. The number of amides is 1. The highest BCUT2D eigenvalue weighted by Gasteiger charge is 2.34. The molecule has 1 saturated heterocycles. The van der Waals surface area contributed by atoms with E-state index >= 15 is 0 Å². The third-order valence-corrected chi connectivity index (χ3v) is 3.21. The average Bonchev–Trinajstić information content (AvgIpc) is 2.27. The van der Waals surface area contributed by atoms with E-state index in [9.17, 15) is 4.79 Å². The van der Waals surface area contributed by atoms with Gasteiger partial charge in [0.05, 0.1) is 18.8 Å². The Hall–Kier alpha value is -0.810. The molecule has 0 unspecified atom stereocenters. The molecule has 0 atom stereocenters. The van der Waals surface area contributed by atoms with Gasteiger partial charge in [0.1, 0.15) is 5.60 Å². The number of carbonyl (C=O) groups excluding carboxylic acids is 1. The summed E-state index contributed by atoms with van der Waals surface area (Å²) >= 11 is 0. The third kappa shape index (κ3) is 5.78. The van der Waals surface area contributed by atoms with Crippen LogP contribution in [0.2, 0.25) is 0 Å². The van der Waals surface area contributed by atoms with E-state index in [2.05, 4.69) is 6.92 Å². The van der Waals surface area contributed by atoms with Gasteiger partial charge in [0, 0.05) is 20.2 Å². The van der Waals surface area contributed by atoms with E-state index in [4.69, 9.17) is 14.2 Å². The fourth-order valence-corrected chi connectivity index (χ4v) is 2.00. The predicted octanol–water partition coefficient (Wildman–Crippen LogP) is 2.44. The second-order valence-electron chi connectivity index (χ2n) is 6.26. The van der Waals surface area contributed by atoms with Gasteiger partial charge in [0.25, 0.3) is 0 Å². The van der Waals surface area contributed by atoms with Gasteiger partial charge in [0.15, 0.2) is 0 Å². The number of carbonyl (C=O) groups is 1. The van der Waals surface area contributed by atoms with Crippen molar-refractivity contribution in [3.8, 4) is 0 Å². The van der Waals surface area contributed by atoms with Crippen molar-refractivity contribution in [1.29, 1.82) is 0 Å². The van der Waals surface area contributed by atoms with Crippen molar-refractivity contribution in [3.05, 3.63) is 0 Å². The molecule has 1 rings (SSSR count). The second-order valence-corrected chi connectivity index (χ2v) is 6.26. The molecule has 1 amide bonds. The lowest BCUT2D eigenvalue weighted by atomic mass is 9.93. The van der Waals surface area contributed by atoms with Crippen LogP contribution in [0.15, 0.2) is 0 Å². The second kappa shape index (κ2) is 6.57. The van der Waals surface area contributed by atoms with E-state index in [1.165, 1.54) is 0 Å². The molecule has 112 valence electrons. The molecule has 0 aromatic carbocycles. The minimum absolute atomic E-state index is 0.156. The van der Waals surface area contributed by atoms with Crippen LogP contribution in [-0.4, -0.2) is 55.6 Å². The van der Waals surface area contributed by atoms with Gasteiger partial charge in [-0.1, -0.05) is 0 Å². The summed E-state index contributed by atoms with van der Waals surface area (Å²) in [5, 5.41) is 0.